The lowest BCUT2D eigenvalue weighted by Gasteiger charge is -2.23. The van der Waals surface area contributed by atoms with Crippen molar-refractivity contribution in [3.8, 4) is 17.2 Å². The van der Waals surface area contributed by atoms with E-state index >= 15 is 0 Å². The van der Waals surface area contributed by atoms with Gasteiger partial charge in [-0.3, -0.25) is 4.79 Å². The Morgan fingerprint density at radius 1 is 1.00 bits per heavy atom. The van der Waals surface area contributed by atoms with Crippen molar-refractivity contribution in [1.29, 1.82) is 0 Å². The van der Waals surface area contributed by atoms with Crippen molar-refractivity contribution in [3.05, 3.63) is 86.8 Å². The maximum absolute atomic E-state index is 14.3. The molecule has 0 unspecified atom stereocenters. The lowest BCUT2D eigenvalue weighted by Crippen LogP contribution is -2.22. The number of hydrogen-bond acceptors (Lipinski definition) is 3. The number of aromatic hydroxyl groups is 1. The normalized spacial score (nSPS) is 12.2. The van der Waals surface area contributed by atoms with Crippen LogP contribution in [0.3, 0.4) is 0 Å². The Labute approximate surface area is 159 Å². The molecule has 1 N–H and O–H groups in total. The van der Waals surface area contributed by atoms with Gasteiger partial charge in [0.1, 0.15) is 17.3 Å². The van der Waals surface area contributed by atoms with Crippen molar-refractivity contribution in [2.75, 3.05) is 0 Å². The van der Waals surface area contributed by atoms with E-state index in [0.29, 0.717) is 33.2 Å². The average Bonchev–Trinajstić information content (AvgIpc) is 2.63. The van der Waals surface area contributed by atoms with E-state index < -0.39 is 17.4 Å². The van der Waals surface area contributed by atoms with E-state index in [1.54, 1.807) is 18.2 Å². The summed E-state index contributed by atoms with van der Waals surface area (Å²) in [7, 11) is 0. The predicted molar refractivity (Wildman–Crippen MR) is 102 cm³/mol. The third-order valence-electron chi connectivity index (χ3n) is 4.86. The van der Waals surface area contributed by atoms with E-state index in [1.165, 1.54) is 25.1 Å². The van der Waals surface area contributed by atoms with Crippen LogP contribution in [0.2, 0.25) is 0 Å². The SMILES string of the molecule is C=c1cc2c(cc1F)=C(c1ccc(C(C)=O)cc1C)c1cc(F)c(O)cc1O2. The summed E-state index contributed by atoms with van der Waals surface area (Å²) in [6.07, 6.45) is 0. The van der Waals surface area contributed by atoms with Gasteiger partial charge in [-0.25, -0.2) is 8.78 Å². The highest BCUT2D eigenvalue weighted by Gasteiger charge is 2.24. The zero-order valence-electron chi connectivity index (χ0n) is 15.3. The number of ketones is 1. The van der Waals surface area contributed by atoms with Gasteiger partial charge in [-0.05, 0) is 49.2 Å². The first-order valence-corrected chi connectivity index (χ1v) is 8.61. The lowest BCUT2D eigenvalue weighted by molar-refractivity contribution is 0.101. The molecule has 0 radical (unpaired) electrons. The first kappa shape index (κ1) is 17.9. The molecule has 3 aromatic rings. The van der Waals surface area contributed by atoms with Gasteiger partial charge in [0.25, 0.3) is 0 Å². The molecule has 0 saturated heterocycles. The topological polar surface area (TPSA) is 46.5 Å². The number of aryl methyl sites for hydroxylation is 1. The van der Waals surface area contributed by atoms with Gasteiger partial charge >= 0.3 is 0 Å². The second-order valence-electron chi connectivity index (χ2n) is 6.80. The summed E-state index contributed by atoms with van der Waals surface area (Å²) in [5, 5.41) is 10.4. The molecule has 0 spiro atoms. The molecule has 4 rings (SSSR count). The molecule has 1 aliphatic heterocycles. The highest BCUT2D eigenvalue weighted by Crippen LogP contribution is 2.40. The molecule has 0 atom stereocenters. The second-order valence-corrected chi connectivity index (χ2v) is 6.80. The van der Waals surface area contributed by atoms with Gasteiger partial charge in [0.15, 0.2) is 17.3 Å². The molecule has 0 amide bonds. The van der Waals surface area contributed by atoms with Crippen LogP contribution in [0.5, 0.6) is 17.2 Å². The average molecular weight is 378 g/mol. The monoisotopic (exact) mass is 378 g/mol. The Hall–Kier alpha value is -3.47. The number of phenolic OH excluding ortho intramolecular Hbond substituents is 1. The Bertz CT molecular complexity index is 1280. The molecule has 5 heteroatoms. The van der Waals surface area contributed by atoms with Gasteiger partial charge < -0.3 is 9.84 Å². The van der Waals surface area contributed by atoms with E-state index in [-0.39, 0.29) is 16.8 Å². The fourth-order valence-electron chi connectivity index (χ4n) is 3.41. The Morgan fingerprint density at radius 2 is 1.75 bits per heavy atom. The summed E-state index contributed by atoms with van der Waals surface area (Å²) in [5.74, 6) is -1.33. The smallest absolute Gasteiger partial charge is 0.165 e. The molecule has 1 heterocycles. The first-order valence-electron chi connectivity index (χ1n) is 8.61. The van der Waals surface area contributed by atoms with Crippen molar-refractivity contribution in [3.63, 3.8) is 0 Å². The maximum Gasteiger partial charge on any atom is 0.165 e. The van der Waals surface area contributed by atoms with Crippen LogP contribution in [0.25, 0.3) is 12.2 Å². The number of rotatable bonds is 2. The van der Waals surface area contributed by atoms with E-state index in [0.717, 1.165) is 11.6 Å². The number of carbonyl (C=O) groups is 1. The zero-order chi connectivity index (χ0) is 20.2. The van der Waals surface area contributed by atoms with Gasteiger partial charge in [0.2, 0.25) is 0 Å². The van der Waals surface area contributed by atoms with Crippen molar-refractivity contribution in [2.24, 2.45) is 0 Å². The minimum Gasteiger partial charge on any atom is -0.505 e. The van der Waals surface area contributed by atoms with E-state index in [4.69, 9.17) is 4.74 Å². The number of ether oxygens (including phenoxy) is 1. The highest BCUT2D eigenvalue weighted by atomic mass is 19.1. The highest BCUT2D eigenvalue weighted by molar-refractivity contribution is 5.95. The third-order valence-corrected chi connectivity index (χ3v) is 4.86. The van der Waals surface area contributed by atoms with Crippen LogP contribution in [0.1, 0.15) is 34.0 Å². The van der Waals surface area contributed by atoms with Crippen molar-refractivity contribution in [1.82, 2.24) is 0 Å². The third kappa shape index (κ3) is 2.76. The fraction of sp³-hybridized carbons (Fsp3) is 0.0870. The Balaban J connectivity index is 2.13. The number of benzene rings is 3. The molecule has 0 aromatic heterocycles. The molecule has 3 nitrogen and oxygen atoms in total. The van der Waals surface area contributed by atoms with E-state index in [1.807, 2.05) is 6.92 Å². The number of halogens is 2. The molecule has 28 heavy (non-hydrogen) atoms. The van der Waals surface area contributed by atoms with Crippen molar-refractivity contribution < 1.29 is 23.4 Å². The summed E-state index contributed by atoms with van der Waals surface area (Å²) in [6.45, 7) is 6.95. The number of fused-ring (bicyclic) bond motifs is 2. The molecule has 0 aliphatic carbocycles. The molecule has 1 aliphatic rings. The van der Waals surface area contributed by atoms with Gasteiger partial charge in [-0.1, -0.05) is 18.7 Å². The quantitative estimate of drug-likeness (QED) is 0.538. The second kappa shape index (κ2) is 6.30. The van der Waals surface area contributed by atoms with Crippen LogP contribution in [0.4, 0.5) is 8.78 Å². The summed E-state index contributed by atoms with van der Waals surface area (Å²) in [6, 6.07) is 10.3. The number of Topliss-reactive ketones (excluding diaryl/α,β-unsaturated/α-hetero) is 1. The van der Waals surface area contributed by atoms with Crippen molar-refractivity contribution in [2.45, 2.75) is 13.8 Å². The van der Waals surface area contributed by atoms with Crippen LogP contribution in [-0.4, -0.2) is 10.9 Å². The summed E-state index contributed by atoms with van der Waals surface area (Å²) < 4.78 is 34.2. The van der Waals surface area contributed by atoms with Crippen LogP contribution < -0.4 is 15.2 Å². The van der Waals surface area contributed by atoms with Crippen LogP contribution in [0, 0.1) is 18.6 Å². The predicted octanol–water partition coefficient (Wildman–Crippen LogP) is 3.94. The van der Waals surface area contributed by atoms with Crippen molar-refractivity contribution >= 4 is 17.9 Å². The molecular formula is C23H16F2O3. The van der Waals surface area contributed by atoms with Crippen LogP contribution >= 0.6 is 0 Å². The minimum atomic E-state index is -0.810. The number of hydrogen-bond donors (Lipinski definition) is 1. The van der Waals surface area contributed by atoms with Gasteiger partial charge in [0.05, 0.1) is 0 Å². The summed E-state index contributed by atoms with van der Waals surface area (Å²) >= 11 is 0. The van der Waals surface area contributed by atoms with Crippen LogP contribution in [-0.2, 0) is 0 Å². The van der Waals surface area contributed by atoms with E-state index in [9.17, 15) is 18.7 Å². The van der Waals surface area contributed by atoms with Gasteiger partial charge in [-0.15, -0.1) is 0 Å². The molecule has 140 valence electrons. The van der Waals surface area contributed by atoms with Crippen LogP contribution in [0.15, 0.2) is 42.5 Å². The fourth-order valence-corrected chi connectivity index (χ4v) is 3.41. The largest absolute Gasteiger partial charge is 0.505 e. The van der Waals surface area contributed by atoms with E-state index in [2.05, 4.69) is 6.58 Å². The number of carbonyl (C=O) groups excluding carboxylic acids is 1. The van der Waals surface area contributed by atoms with Gasteiger partial charge in [0, 0.05) is 33.2 Å². The van der Waals surface area contributed by atoms with Gasteiger partial charge in [-0.2, -0.15) is 0 Å². The standard InChI is InChI=1S/C23H16F2O3/c1-11-6-14(13(3)26)4-5-15(11)23-16-8-18(24)12(2)7-21(16)28-22-10-20(27)19(25)9-17(22)23/h4-10,27H,2H2,1,3H3. The summed E-state index contributed by atoms with van der Waals surface area (Å²) in [4.78, 5) is 11.7. The lowest BCUT2D eigenvalue weighted by atomic mass is 9.89. The number of phenols is 1. The minimum absolute atomic E-state index is 0.0730. The molecular weight excluding hydrogens is 362 g/mol. The summed E-state index contributed by atoms with van der Waals surface area (Å²) in [5.41, 5.74) is 2.97. The molecule has 0 saturated carbocycles. The molecule has 0 bridgehead atoms. The Morgan fingerprint density at radius 3 is 2.43 bits per heavy atom. The first-order chi connectivity index (χ1) is 13.3. The maximum atomic E-state index is 14.3. The molecule has 3 aromatic carbocycles. The zero-order valence-corrected chi connectivity index (χ0v) is 15.3. The molecule has 0 fully saturated rings. The Kier molecular flexibility index (Phi) is 4.03.